The molecule has 0 unspecified atom stereocenters. The molecule has 0 radical (unpaired) electrons. The highest BCUT2D eigenvalue weighted by Gasteiger charge is 2.25. The van der Waals surface area contributed by atoms with Crippen molar-refractivity contribution in [3.05, 3.63) is 53.1 Å². The topological polar surface area (TPSA) is 42.0 Å². The molecule has 1 amide bonds. The average molecular weight is 324 g/mol. The predicted octanol–water partition coefficient (Wildman–Crippen LogP) is 2.68. The van der Waals surface area contributed by atoms with Gasteiger partial charge in [0.25, 0.3) is 5.91 Å². The number of amides is 1. The molecule has 2 aliphatic rings. The fourth-order valence-electron chi connectivity index (χ4n) is 3.20. The van der Waals surface area contributed by atoms with Gasteiger partial charge >= 0.3 is 0 Å². The van der Waals surface area contributed by atoms with E-state index in [1.807, 2.05) is 60.3 Å². The monoisotopic (exact) mass is 324 g/mol. The van der Waals surface area contributed by atoms with Crippen LogP contribution in [0, 0.1) is 0 Å². The summed E-state index contributed by atoms with van der Waals surface area (Å²) in [6.45, 7) is 1.61. The summed E-state index contributed by atoms with van der Waals surface area (Å²) < 4.78 is 10.9. The van der Waals surface area contributed by atoms with Gasteiger partial charge in [-0.1, -0.05) is 0 Å². The predicted molar refractivity (Wildman–Crippen MR) is 91.8 cm³/mol. The van der Waals surface area contributed by atoms with Gasteiger partial charge in [0.1, 0.15) is 0 Å². The van der Waals surface area contributed by atoms with E-state index in [4.69, 9.17) is 9.47 Å². The number of hydrogen-bond donors (Lipinski definition) is 0. The molecule has 0 saturated heterocycles. The van der Waals surface area contributed by atoms with Gasteiger partial charge in [-0.05, 0) is 53.9 Å². The van der Waals surface area contributed by atoms with Crippen LogP contribution in [-0.4, -0.2) is 38.2 Å². The number of rotatable bonds is 2. The highest BCUT2D eigenvalue weighted by molar-refractivity contribution is 5.94. The third-order valence-corrected chi connectivity index (χ3v) is 4.62. The standard InChI is InChI=1S/C19H20N2O3/c1-20(2)16-5-3-13(4-6-16)19(22)21-8-7-14-9-17-18(24-12-23-17)10-15(14)11-21/h3-6,9-10H,7-8,11-12H2,1-2H3. The Morgan fingerprint density at radius 3 is 2.38 bits per heavy atom. The summed E-state index contributed by atoms with van der Waals surface area (Å²) in [6, 6.07) is 11.8. The molecule has 124 valence electrons. The van der Waals surface area contributed by atoms with Gasteiger partial charge in [0, 0.05) is 38.4 Å². The minimum atomic E-state index is 0.0728. The molecule has 0 atom stereocenters. The molecule has 0 aliphatic carbocycles. The molecule has 2 aromatic rings. The van der Waals surface area contributed by atoms with E-state index < -0.39 is 0 Å². The molecular formula is C19H20N2O3. The first-order chi connectivity index (χ1) is 11.6. The minimum Gasteiger partial charge on any atom is -0.454 e. The second kappa shape index (κ2) is 5.74. The Labute approximate surface area is 141 Å². The Kier molecular flexibility index (Phi) is 3.56. The third-order valence-electron chi connectivity index (χ3n) is 4.62. The molecule has 0 saturated carbocycles. The zero-order valence-corrected chi connectivity index (χ0v) is 13.9. The van der Waals surface area contributed by atoms with E-state index in [0.29, 0.717) is 6.54 Å². The van der Waals surface area contributed by atoms with Crippen LogP contribution >= 0.6 is 0 Å². The van der Waals surface area contributed by atoms with Gasteiger partial charge in [0.15, 0.2) is 11.5 Å². The molecule has 0 aromatic heterocycles. The Bertz CT molecular complexity index is 784. The quantitative estimate of drug-likeness (QED) is 0.852. The Morgan fingerprint density at radius 2 is 1.71 bits per heavy atom. The molecule has 24 heavy (non-hydrogen) atoms. The zero-order chi connectivity index (χ0) is 16.7. The van der Waals surface area contributed by atoms with Gasteiger partial charge in [-0.2, -0.15) is 0 Å². The first-order valence-corrected chi connectivity index (χ1v) is 8.10. The van der Waals surface area contributed by atoms with Gasteiger partial charge < -0.3 is 19.3 Å². The number of nitrogens with zero attached hydrogens (tertiary/aromatic N) is 2. The summed E-state index contributed by atoms with van der Waals surface area (Å²) in [5.74, 6) is 1.66. The highest BCUT2D eigenvalue weighted by Crippen LogP contribution is 2.36. The van der Waals surface area contributed by atoms with Crippen LogP contribution in [0.4, 0.5) is 5.69 Å². The van der Waals surface area contributed by atoms with Crippen molar-refractivity contribution in [2.24, 2.45) is 0 Å². The summed E-state index contributed by atoms with van der Waals surface area (Å²) in [5, 5.41) is 0. The van der Waals surface area contributed by atoms with Crippen LogP contribution in [0.5, 0.6) is 11.5 Å². The summed E-state index contributed by atoms with van der Waals surface area (Å²) >= 11 is 0. The summed E-state index contributed by atoms with van der Waals surface area (Å²) in [7, 11) is 3.98. The number of anilines is 1. The van der Waals surface area contributed by atoms with Crippen LogP contribution in [0.15, 0.2) is 36.4 Å². The minimum absolute atomic E-state index is 0.0728. The SMILES string of the molecule is CN(C)c1ccc(C(=O)N2CCc3cc4c(cc3C2)OCO4)cc1. The van der Waals surface area contributed by atoms with E-state index >= 15 is 0 Å². The second-order valence-corrected chi connectivity index (χ2v) is 6.39. The second-order valence-electron chi connectivity index (χ2n) is 6.39. The molecular weight excluding hydrogens is 304 g/mol. The molecule has 2 heterocycles. The van der Waals surface area contributed by atoms with Crippen molar-refractivity contribution >= 4 is 11.6 Å². The van der Waals surface area contributed by atoms with Crippen LogP contribution in [0.3, 0.4) is 0 Å². The van der Waals surface area contributed by atoms with E-state index in [0.717, 1.165) is 41.3 Å². The van der Waals surface area contributed by atoms with Gasteiger partial charge in [-0.3, -0.25) is 4.79 Å². The molecule has 0 fully saturated rings. The Morgan fingerprint density at radius 1 is 1.04 bits per heavy atom. The van der Waals surface area contributed by atoms with Crippen molar-refractivity contribution in [3.63, 3.8) is 0 Å². The van der Waals surface area contributed by atoms with Gasteiger partial charge in [-0.15, -0.1) is 0 Å². The lowest BCUT2D eigenvalue weighted by Gasteiger charge is -2.29. The van der Waals surface area contributed by atoms with Gasteiger partial charge in [-0.25, -0.2) is 0 Å². The number of fused-ring (bicyclic) bond motifs is 2. The van der Waals surface area contributed by atoms with Crippen LogP contribution in [0.1, 0.15) is 21.5 Å². The number of benzene rings is 2. The average Bonchev–Trinajstić information content (AvgIpc) is 3.06. The van der Waals surface area contributed by atoms with Gasteiger partial charge in [0.05, 0.1) is 0 Å². The maximum absolute atomic E-state index is 12.8. The van der Waals surface area contributed by atoms with Crippen molar-refractivity contribution in [3.8, 4) is 11.5 Å². The number of ether oxygens (including phenoxy) is 2. The lowest BCUT2D eigenvalue weighted by molar-refractivity contribution is 0.0734. The molecule has 5 heteroatoms. The zero-order valence-electron chi connectivity index (χ0n) is 13.9. The van der Waals surface area contributed by atoms with Crippen molar-refractivity contribution in [2.45, 2.75) is 13.0 Å². The number of hydrogen-bond acceptors (Lipinski definition) is 4. The maximum atomic E-state index is 12.8. The van der Waals surface area contributed by atoms with Gasteiger partial charge in [0.2, 0.25) is 6.79 Å². The lowest BCUT2D eigenvalue weighted by atomic mass is 9.98. The molecule has 5 nitrogen and oxygen atoms in total. The maximum Gasteiger partial charge on any atom is 0.254 e. The van der Waals surface area contributed by atoms with Crippen molar-refractivity contribution < 1.29 is 14.3 Å². The summed E-state index contributed by atoms with van der Waals surface area (Å²) in [6.07, 6.45) is 0.841. The van der Waals surface area contributed by atoms with Crippen LogP contribution < -0.4 is 14.4 Å². The van der Waals surface area contributed by atoms with Crippen molar-refractivity contribution in [1.29, 1.82) is 0 Å². The molecule has 0 N–H and O–H groups in total. The normalized spacial score (nSPS) is 15.2. The summed E-state index contributed by atoms with van der Waals surface area (Å²) in [5.41, 5.74) is 4.20. The fraction of sp³-hybridized carbons (Fsp3) is 0.316. The fourth-order valence-corrected chi connectivity index (χ4v) is 3.20. The third kappa shape index (κ3) is 2.56. The lowest BCUT2D eigenvalue weighted by Crippen LogP contribution is -2.35. The molecule has 0 spiro atoms. The molecule has 0 bridgehead atoms. The highest BCUT2D eigenvalue weighted by atomic mass is 16.7. The van der Waals surface area contributed by atoms with Crippen LogP contribution in [-0.2, 0) is 13.0 Å². The molecule has 2 aliphatic heterocycles. The van der Waals surface area contributed by atoms with Crippen LogP contribution in [0.25, 0.3) is 0 Å². The van der Waals surface area contributed by atoms with Crippen molar-refractivity contribution in [1.82, 2.24) is 4.90 Å². The largest absolute Gasteiger partial charge is 0.454 e. The first-order valence-electron chi connectivity index (χ1n) is 8.10. The smallest absolute Gasteiger partial charge is 0.254 e. The number of carbonyl (C=O) groups excluding carboxylic acids is 1. The van der Waals surface area contributed by atoms with E-state index in [1.54, 1.807) is 0 Å². The van der Waals surface area contributed by atoms with E-state index in [2.05, 4.69) is 0 Å². The summed E-state index contributed by atoms with van der Waals surface area (Å²) in [4.78, 5) is 16.7. The van der Waals surface area contributed by atoms with E-state index in [1.165, 1.54) is 5.56 Å². The Balaban J connectivity index is 1.54. The molecule has 4 rings (SSSR count). The van der Waals surface area contributed by atoms with E-state index in [-0.39, 0.29) is 12.7 Å². The number of carbonyl (C=O) groups is 1. The molecule has 2 aromatic carbocycles. The van der Waals surface area contributed by atoms with Crippen LogP contribution in [0.2, 0.25) is 0 Å². The first kappa shape index (κ1) is 14.9. The van der Waals surface area contributed by atoms with Crippen molar-refractivity contribution in [2.75, 3.05) is 32.3 Å². The Hall–Kier alpha value is -2.69. The van der Waals surface area contributed by atoms with E-state index in [9.17, 15) is 4.79 Å².